The number of ketones is 1. The van der Waals surface area contributed by atoms with E-state index < -0.39 is 0 Å². The van der Waals surface area contributed by atoms with E-state index in [0.29, 0.717) is 12.2 Å². The third-order valence-electron chi connectivity index (χ3n) is 2.17. The first-order chi connectivity index (χ1) is 9.24. The van der Waals surface area contributed by atoms with Crippen LogP contribution in [0.4, 0.5) is 0 Å². The van der Waals surface area contributed by atoms with Gasteiger partial charge in [-0.3, -0.25) is 4.79 Å². The van der Waals surface area contributed by atoms with Gasteiger partial charge in [0, 0.05) is 17.9 Å². The maximum absolute atomic E-state index is 11.2. The van der Waals surface area contributed by atoms with E-state index in [1.807, 2.05) is 52.8 Å². The molecule has 0 aromatic heterocycles. The highest BCUT2D eigenvalue weighted by molar-refractivity contribution is 7.98. The van der Waals surface area contributed by atoms with Gasteiger partial charge in [0.25, 0.3) is 0 Å². The maximum Gasteiger partial charge on any atom is 0.150 e. The van der Waals surface area contributed by atoms with Crippen LogP contribution in [0, 0.1) is 0 Å². The van der Waals surface area contributed by atoms with E-state index >= 15 is 0 Å². The van der Waals surface area contributed by atoms with E-state index in [-0.39, 0.29) is 11.8 Å². The van der Waals surface area contributed by atoms with Crippen LogP contribution >= 0.6 is 11.8 Å². The second-order valence-corrected chi connectivity index (χ2v) is 4.46. The predicted octanol–water partition coefficient (Wildman–Crippen LogP) is 4.28. The van der Waals surface area contributed by atoms with Crippen LogP contribution in [0.2, 0.25) is 0 Å². The lowest BCUT2D eigenvalue weighted by Gasteiger charge is -2.08. The molecule has 1 aromatic rings. The number of carbonyl (C=O) groups is 1. The molecule has 0 fully saturated rings. The van der Waals surface area contributed by atoms with Crippen molar-refractivity contribution in [2.45, 2.75) is 52.8 Å². The average molecular weight is 283 g/mol. The Morgan fingerprint density at radius 1 is 1.16 bits per heavy atom. The van der Waals surface area contributed by atoms with Crippen LogP contribution < -0.4 is 5.73 Å². The topological polar surface area (TPSA) is 43.1 Å². The number of thioether (sulfide) groups is 1. The predicted molar refractivity (Wildman–Crippen MR) is 88.6 cm³/mol. The Morgan fingerprint density at radius 3 is 2.16 bits per heavy atom. The molecule has 1 rings (SSSR count). The number of hydrogen-bond acceptors (Lipinski definition) is 3. The van der Waals surface area contributed by atoms with Crippen molar-refractivity contribution in [2.75, 3.05) is 5.75 Å². The van der Waals surface area contributed by atoms with Crippen molar-refractivity contribution in [1.82, 2.24) is 0 Å². The standard InChI is InChI=1S/C12H17NOS.2C2H6/c1-2-12(14)11(13)9-15-8-10-6-4-3-5-7-10;2*1-2/h3-7,11H,2,8-9,13H2,1H3;2*1-2H3. The molecule has 1 aromatic carbocycles. The molecule has 19 heavy (non-hydrogen) atoms. The van der Waals surface area contributed by atoms with Gasteiger partial charge in [0.1, 0.15) is 5.78 Å². The summed E-state index contributed by atoms with van der Waals surface area (Å²) >= 11 is 1.71. The van der Waals surface area contributed by atoms with Gasteiger partial charge in [-0.2, -0.15) is 11.8 Å². The quantitative estimate of drug-likeness (QED) is 0.847. The summed E-state index contributed by atoms with van der Waals surface area (Å²) in [6.07, 6.45) is 0.535. The lowest BCUT2D eigenvalue weighted by atomic mass is 10.2. The molecular formula is C16H29NOS. The Labute approximate surface area is 123 Å². The zero-order chi connectivity index (χ0) is 15.1. The van der Waals surface area contributed by atoms with Crippen molar-refractivity contribution in [3.8, 4) is 0 Å². The van der Waals surface area contributed by atoms with Crippen LogP contribution in [0.1, 0.15) is 46.6 Å². The Kier molecular flexibility index (Phi) is 16.5. The fourth-order valence-electron chi connectivity index (χ4n) is 1.23. The van der Waals surface area contributed by atoms with Gasteiger partial charge in [-0.25, -0.2) is 0 Å². The van der Waals surface area contributed by atoms with E-state index in [0.717, 1.165) is 5.75 Å². The van der Waals surface area contributed by atoms with Gasteiger partial charge in [-0.15, -0.1) is 0 Å². The minimum absolute atomic E-state index is 0.149. The summed E-state index contributed by atoms with van der Waals surface area (Å²) in [6.45, 7) is 9.85. The van der Waals surface area contributed by atoms with Crippen LogP contribution in [-0.2, 0) is 10.5 Å². The third-order valence-corrected chi connectivity index (χ3v) is 3.30. The molecule has 0 radical (unpaired) electrons. The van der Waals surface area contributed by atoms with Gasteiger partial charge in [0.05, 0.1) is 6.04 Å². The first kappa shape index (κ1) is 20.5. The monoisotopic (exact) mass is 283 g/mol. The number of nitrogens with two attached hydrogens (primary N) is 1. The van der Waals surface area contributed by atoms with Crippen molar-refractivity contribution >= 4 is 17.5 Å². The van der Waals surface area contributed by atoms with Crippen LogP contribution in [0.25, 0.3) is 0 Å². The van der Waals surface area contributed by atoms with E-state index in [2.05, 4.69) is 12.1 Å². The maximum atomic E-state index is 11.2. The molecule has 1 unspecified atom stereocenters. The Hall–Kier alpha value is -0.800. The number of carbonyl (C=O) groups excluding carboxylic acids is 1. The summed E-state index contributed by atoms with van der Waals surface area (Å²) in [6, 6.07) is 9.91. The van der Waals surface area contributed by atoms with Gasteiger partial charge in [-0.05, 0) is 5.56 Å². The van der Waals surface area contributed by atoms with Gasteiger partial charge in [0.15, 0.2) is 0 Å². The van der Waals surface area contributed by atoms with E-state index in [9.17, 15) is 4.79 Å². The summed E-state index contributed by atoms with van der Waals surface area (Å²) in [4.78, 5) is 11.2. The van der Waals surface area contributed by atoms with Crippen molar-refractivity contribution in [1.29, 1.82) is 0 Å². The summed E-state index contributed by atoms with van der Waals surface area (Å²) in [5.74, 6) is 1.78. The molecule has 0 heterocycles. The van der Waals surface area contributed by atoms with Gasteiger partial charge in [0.2, 0.25) is 0 Å². The highest BCUT2D eigenvalue weighted by atomic mass is 32.2. The minimum Gasteiger partial charge on any atom is -0.321 e. The zero-order valence-corrected chi connectivity index (χ0v) is 13.8. The van der Waals surface area contributed by atoms with Gasteiger partial charge >= 0.3 is 0 Å². The average Bonchev–Trinajstić information content (AvgIpc) is 2.51. The van der Waals surface area contributed by atoms with Crippen LogP contribution in [0.3, 0.4) is 0 Å². The molecule has 0 saturated heterocycles. The van der Waals surface area contributed by atoms with Crippen LogP contribution in [0.5, 0.6) is 0 Å². The summed E-state index contributed by atoms with van der Waals surface area (Å²) in [5.41, 5.74) is 7.00. The number of benzene rings is 1. The number of rotatable bonds is 6. The molecule has 0 saturated carbocycles. The highest BCUT2D eigenvalue weighted by Gasteiger charge is 2.10. The van der Waals surface area contributed by atoms with Crippen molar-refractivity contribution in [3.05, 3.63) is 35.9 Å². The second-order valence-electron chi connectivity index (χ2n) is 3.43. The number of hydrogen-bond donors (Lipinski definition) is 1. The molecule has 0 aliphatic heterocycles. The zero-order valence-electron chi connectivity index (χ0n) is 13.0. The molecule has 0 aliphatic rings. The molecule has 1 atom stereocenters. The number of Topliss-reactive ketones (excluding diaryl/α,β-unsaturated/α-hetero) is 1. The molecule has 0 bridgehead atoms. The smallest absolute Gasteiger partial charge is 0.150 e. The van der Waals surface area contributed by atoms with Gasteiger partial charge < -0.3 is 5.73 Å². The minimum atomic E-state index is -0.302. The van der Waals surface area contributed by atoms with Crippen LogP contribution in [-0.4, -0.2) is 17.6 Å². The van der Waals surface area contributed by atoms with E-state index in [4.69, 9.17) is 5.73 Å². The van der Waals surface area contributed by atoms with Crippen molar-refractivity contribution in [2.24, 2.45) is 5.73 Å². The fourth-order valence-corrected chi connectivity index (χ4v) is 2.22. The van der Waals surface area contributed by atoms with Crippen molar-refractivity contribution in [3.63, 3.8) is 0 Å². The molecule has 0 aliphatic carbocycles. The molecule has 110 valence electrons. The molecular weight excluding hydrogens is 254 g/mol. The van der Waals surface area contributed by atoms with Crippen LogP contribution in [0.15, 0.2) is 30.3 Å². The molecule has 0 amide bonds. The lowest BCUT2D eigenvalue weighted by Crippen LogP contribution is -2.32. The molecule has 0 spiro atoms. The van der Waals surface area contributed by atoms with E-state index in [1.165, 1.54) is 5.56 Å². The largest absolute Gasteiger partial charge is 0.321 e. The first-order valence-corrected chi connectivity index (χ1v) is 8.29. The highest BCUT2D eigenvalue weighted by Crippen LogP contribution is 2.12. The second kappa shape index (κ2) is 15.3. The SMILES string of the molecule is CC.CC.CCC(=O)C(N)CSCc1ccccc1. The molecule has 3 heteroatoms. The Bertz CT molecular complexity index is 301. The normalized spacial score (nSPS) is 10.4. The summed E-state index contributed by atoms with van der Waals surface area (Å²) in [7, 11) is 0. The lowest BCUT2D eigenvalue weighted by molar-refractivity contribution is -0.119. The molecule has 2 N–H and O–H groups in total. The summed E-state index contributed by atoms with van der Waals surface area (Å²) < 4.78 is 0. The summed E-state index contributed by atoms with van der Waals surface area (Å²) in [5, 5.41) is 0. The third kappa shape index (κ3) is 10.8. The van der Waals surface area contributed by atoms with Crippen molar-refractivity contribution < 1.29 is 4.79 Å². The Balaban J connectivity index is 0. The fraction of sp³-hybridized carbons (Fsp3) is 0.562. The molecule has 2 nitrogen and oxygen atoms in total. The Morgan fingerprint density at radius 2 is 1.68 bits per heavy atom. The van der Waals surface area contributed by atoms with Gasteiger partial charge in [-0.1, -0.05) is 65.0 Å². The first-order valence-electron chi connectivity index (χ1n) is 7.14. The van der Waals surface area contributed by atoms with E-state index in [1.54, 1.807) is 11.8 Å².